The summed E-state index contributed by atoms with van der Waals surface area (Å²) in [6, 6.07) is 8.31. The number of hydrogen-bond acceptors (Lipinski definition) is 3. The summed E-state index contributed by atoms with van der Waals surface area (Å²) >= 11 is 3.50. The van der Waals surface area contributed by atoms with Crippen molar-refractivity contribution in [2.24, 2.45) is 0 Å². The molecule has 0 aliphatic carbocycles. The van der Waals surface area contributed by atoms with Crippen molar-refractivity contribution in [2.45, 2.75) is 38.7 Å². The van der Waals surface area contributed by atoms with Gasteiger partial charge in [-0.3, -0.25) is 0 Å². The first-order valence-corrected chi connectivity index (χ1v) is 7.87. The van der Waals surface area contributed by atoms with Gasteiger partial charge in [0.2, 0.25) is 0 Å². The van der Waals surface area contributed by atoms with Crippen molar-refractivity contribution in [1.82, 2.24) is 9.55 Å². The standard InChI is InChI=1S/C16H19BrN2O2/c1-16(2)20-11-14(21-16)10-19-7-6-18-15(19)9-12-4-3-5-13(17)8-12/h3-8,14H,9-11H2,1-2H3. The van der Waals surface area contributed by atoms with Crippen LogP contribution in [0.15, 0.2) is 41.1 Å². The predicted molar refractivity (Wildman–Crippen MR) is 84.1 cm³/mol. The molecule has 1 aliphatic rings. The lowest BCUT2D eigenvalue weighted by atomic mass is 10.1. The van der Waals surface area contributed by atoms with Gasteiger partial charge in [0.15, 0.2) is 5.79 Å². The average molecular weight is 351 g/mol. The third kappa shape index (κ3) is 3.73. The van der Waals surface area contributed by atoms with Gasteiger partial charge in [0.25, 0.3) is 0 Å². The first-order chi connectivity index (χ1) is 10.0. The summed E-state index contributed by atoms with van der Waals surface area (Å²) in [5.41, 5.74) is 1.24. The molecule has 1 unspecified atom stereocenters. The van der Waals surface area contributed by atoms with Crippen LogP contribution in [0.5, 0.6) is 0 Å². The third-order valence-corrected chi connectivity index (χ3v) is 4.01. The zero-order chi connectivity index (χ0) is 14.9. The van der Waals surface area contributed by atoms with Crippen LogP contribution in [-0.2, 0) is 22.4 Å². The van der Waals surface area contributed by atoms with Crippen LogP contribution in [0.2, 0.25) is 0 Å². The van der Waals surface area contributed by atoms with Gasteiger partial charge in [0.05, 0.1) is 13.2 Å². The van der Waals surface area contributed by atoms with Crippen molar-refractivity contribution in [1.29, 1.82) is 0 Å². The van der Waals surface area contributed by atoms with Gasteiger partial charge in [-0.15, -0.1) is 0 Å². The molecule has 5 heteroatoms. The SMILES string of the molecule is CC1(C)OCC(Cn2ccnc2Cc2cccc(Br)c2)O1. The Labute approximate surface area is 133 Å². The molecule has 1 atom stereocenters. The molecule has 0 radical (unpaired) electrons. The fourth-order valence-corrected chi connectivity index (χ4v) is 3.02. The van der Waals surface area contributed by atoms with E-state index in [1.807, 2.05) is 38.4 Å². The summed E-state index contributed by atoms with van der Waals surface area (Å²) in [7, 11) is 0. The first kappa shape index (κ1) is 14.8. The summed E-state index contributed by atoms with van der Waals surface area (Å²) in [6.45, 7) is 5.29. The molecule has 4 nitrogen and oxygen atoms in total. The Balaban J connectivity index is 1.70. The second-order valence-corrected chi connectivity index (χ2v) is 6.67. The smallest absolute Gasteiger partial charge is 0.163 e. The lowest BCUT2D eigenvalue weighted by molar-refractivity contribution is -0.139. The molecule has 1 aromatic heterocycles. The number of rotatable bonds is 4. The largest absolute Gasteiger partial charge is 0.348 e. The van der Waals surface area contributed by atoms with Crippen molar-refractivity contribution in [3.8, 4) is 0 Å². The lowest BCUT2D eigenvalue weighted by Crippen LogP contribution is -2.24. The molecular formula is C16H19BrN2O2. The van der Waals surface area contributed by atoms with Gasteiger partial charge in [-0.05, 0) is 31.5 Å². The molecule has 0 amide bonds. The number of aromatic nitrogens is 2. The fourth-order valence-electron chi connectivity index (χ4n) is 2.58. The Kier molecular flexibility index (Phi) is 4.15. The molecule has 0 saturated carbocycles. The van der Waals surface area contributed by atoms with Crippen molar-refractivity contribution in [2.75, 3.05) is 6.61 Å². The van der Waals surface area contributed by atoms with Crippen LogP contribution in [0.1, 0.15) is 25.2 Å². The summed E-state index contributed by atoms with van der Waals surface area (Å²) in [4.78, 5) is 4.47. The second kappa shape index (κ2) is 5.91. The van der Waals surface area contributed by atoms with E-state index in [4.69, 9.17) is 9.47 Å². The molecule has 1 aliphatic heterocycles. The van der Waals surface area contributed by atoms with Crippen molar-refractivity contribution in [3.05, 3.63) is 52.5 Å². The summed E-state index contributed by atoms with van der Waals surface area (Å²) in [5, 5.41) is 0. The zero-order valence-corrected chi connectivity index (χ0v) is 13.8. The van der Waals surface area contributed by atoms with E-state index in [0.717, 1.165) is 23.3 Å². The van der Waals surface area contributed by atoms with E-state index in [-0.39, 0.29) is 6.10 Å². The number of nitrogens with zero attached hydrogens (tertiary/aromatic N) is 2. The van der Waals surface area contributed by atoms with Crippen molar-refractivity contribution < 1.29 is 9.47 Å². The summed E-state index contributed by atoms with van der Waals surface area (Å²) in [5.74, 6) is 0.566. The van der Waals surface area contributed by atoms with Crippen LogP contribution in [0.25, 0.3) is 0 Å². The highest BCUT2D eigenvalue weighted by molar-refractivity contribution is 9.10. The Hall–Kier alpha value is -1.17. The maximum atomic E-state index is 5.87. The number of hydrogen-bond donors (Lipinski definition) is 0. The van der Waals surface area contributed by atoms with Gasteiger partial charge in [-0.1, -0.05) is 28.1 Å². The van der Waals surface area contributed by atoms with E-state index in [1.165, 1.54) is 5.56 Å². The molecule has 1 fully saturated rings. The molecule has 0 N–H and O–H groups in total. The molecule has 1 aromatic carbocycles. The van der Waals surface area contributed by atoms with Crippen LogP contribution in [0, 0.1) is 0 Å². The highest BCUT2D eigenvalue weighted by Gasteiger charge is 2.32. The van der Waals surface area contributed by atoms with Crippen LogP contribution in [0.4, 0.5) is 0 Å². The predicted octanol–water partition coefficient (Wildman–Crippen LogP) is 3.39. The number of imidazole rings is 1. The molecule has 112 valence electrons. The van der Waals surface area contributed by atoms with Gasteiger partial charge in [0.1, 0.15) is 11.9 Å². The minimum Gasteiger partial charge on any atom is -0.348 e. The second-order valence-electron chi connectivity index (χ2n) is 5.75. The number of benzene rings is 1. The number of ether oxygens (including phenoxy) is 2. The maximum Gasteiger partial charge on any atom is 0.163 e. The van der Waals surface area contributed by atoms with Gasteiger partial charge >= 0.3 is 0 Å². The highest BCUT2D eigenvalue weighted by atomic mass is 79.9. The van der Waals surface area contributed by atoms with Gasteiger partial charge < -0.3 is 14.0 Å². The number of halogens is 1. The van der Waals surface area contributed by atoms with Crippen molar-refractivity contribution >= 4 is 15.9 Å². The molecule has 3 rings (SSSR count). The minimum absolute atomic E-state index is 0.0791. The summed E-state index contributed by atoms with van der Waals surface area (Å²) < 4.78 is 14.7. The monoisotopic (exact) mass is 350 g/mol. The fraction of sp³-hybridized carbons (Fsp3) is 0.438. The Morgan fingerprint density at radius 1 is 1.43 bits per heavy atom. The van der Waals surface area contributed by atoms with E-state index in [1.54, 1.807) is 0 Å². The topological polar surface area (TPSA) is 36.3 Å². The molecule has 0 bridgehead atoms. The van der Waals surface area contributed by atoms with Crippen LogP contribution >= 0.6 is 15.9 Å². The van der Waals surface area contributed by atoms with Crippen LogP contribution in [0.3, 0.4) is 0 Å². The van der Waals surface area contributed by atoms with Gasteiger partial charge in [0, 0.05) is 23.3 Å². The Bertz CT molecular complexity index is 624. The molecule has 2 heterocycles. The Morgan fingerprint density at radius 3 is 3.00 bits per heavy atom. The maximum absolute atomic E-state index is 5.87. The van der Waals surface area contributed by atoms with E-state index in [0.29, 0.717) is 6.61 Å². The van der Waals surface area contributed by atoms with E-state index < -0.39 is 5.79 Å². The Morgan fingerprint density at radius 2 is 2.29 bits per heavy atom. The minimum atomic E-state index is -0.476. The molecule has 0 spiro atoms. The summed E-state index contributed by atoms with van der Waals surface area (Å²) in [6.07, 6.45) is 4.73. The lowest BCUT2D eigenvalue weighted by Gasteiger charge is -2.18. The molecular weight excluding hydrogens is 332 g/mol. The van der Waals surface area contributed by atoms with Crippen LogP contribution < -0.4 is 0 Å². The highest BCUT2D eigenvalue weighted by Crippen LogP contribution is 2.24. The molecule has 2 aromatic rings. The van der Waals surface area contributed by atoms with Gasteiger partial charge in [-0.2, -0.15) is 0 Å². The van der Waals surface area contributed by atoms with E-state index >= 15 is 0 Å². The zero-order valence-electron chi connectivity index (χ0n) is 12.3. The van der Waals surface area contributed by atoms with E-state index in [9.17, 15) is 0 Å². The van der Waals surface area contributed by atoms with Gasteiger partial charge in [-0.25, -0.2) is 4.98 Å². The molecule has 1 saturated heterocycles. The normalized spacial score (nSPS) is 20.8. The molecule has 21 heavy (non-hydrogen) atoms. The quantitative estimate of drug-likeness (QED) is 0.847. The first-order valence-electron chi connectivity index (χ1n) is 7.08. The average Bonchev–Trinajstić information content (AvgIpc) is 2.97. The van der Waals surface area contributed by atoms with E-state index in [2.05, 4.69) is 37.6 Å². The van der Waals surface area contributed by atoms with Crippen LogP contribution in [-0.4, -0.2) is 28.0 Å². The third-order valence-electron chi connectivity index (χ3n) is 3.52. The van der Waals surface area contributed by atoms with Crippen molar-refractivity contribution in [3.63, 3.8) is 0 Å².